The quantitative estimate of drug-likeness (QED) is 0.234. The number of hydrogen-bond donors (Lipinski definition) is 0. The van der Waals surface area contributed by atoms with Gasteiger partial charge in [0, 0.05) is 39.3 Å². The maximum atomic E-state index is 12.1. The third-order valence-corrected chi connectivity index (χ3v) is 5.79. The zero-order chi connectivity index (χ0) is 30.1. The minimum Gasteiger partial charge on any atom is -0.463 e. The largest absolute Gasteiger partial charge is 0.463 e. The Bertz CT molecular complexity index is 1320. The average molecular weight is 573 g/mol. The summed E-state index contributed by atoms with van der Waals surface area (Å²) in [5.41, 5.74) is 0.476. The summed E-state index contributed by atoms with van der Waals surface area (Å²) in [7, 11) is 0. The molecule has 1 aliphatic heterocycles. The molecule has 0 aromatic heterocycles. The van der Waals surface area contributed by atoms with Crippen LogP contribution in [0, 0.1) is 0 Å². The van der Waals surface area contributed by atoms with E-state index in [1.165, 1.54) is 19.1 Å². The van der Waals surface area contributed by atoms with E-state index < -0.39 is 67.2 Å². The van der Waals surface area contributed by atoms with Crippen molar-refractivity contribution < 1.29 is 57.1 Å². The Morgan fingerprint density at radius 2 is 1.41 bits per heavy atom. The molecule has 0 spiro atoms. The van der Waals surface area contributed by atoms with Crippen LogP contribution in [0.25, 0.3) is 16.8 Å². The zero-order valence-corrected chi connectivity index (χ0v) is 23.3. The van der Waals surface area contributed by atoms with Crippen molar-refractivity contribution in [3.05, 3.63) is 48.0 Å². The third-order valence-electron chi connectivity index (χ3n) is 5.79. The van der Waals surface area contributed by atoms with E-state index in [2.05, 4.69) is 0 Å². The maximum absolute atomic E-state index is 12.1. The van der Waals surface area contributed by atoms with Crippen LogP contribution >= 0.6 is 0 Å². The average Bonchev–Trinajstić information content (AvgIpc) is 2.89. The fourth-order valence-electron chi connectivity index (χ4n) is 4.30. The molecule has 220 valence electrons. The molecule has 0 saturated carbocycles. The molecular weight excluding hydrogens is 540 g/mol. The highest BCUT2D eigenvalue weighted by Gasteiger charge is 2.53. The van der Waals surface area contributed by atoms with E-state index in [0.717, 1.165) is 31.5 Å². The van der Waals surface area contributed by atoms with Gasteiger partial charge in [-0.05, 0) is 29.8 Å². The molecule has 5 atom stereocenters. The van der Waals surface area contributed by atoms with Crippen LogP contribution < -0.4 is 4.74 Å². The predicted molar refractivity (Wildman–Crippen MR) is 142 cm³/mol. The Morgan fingerprint density at radius 3 is 2.05 bits per heavy atom. The number of benzene rings is 2. The summed E-state index contributed by atoms with van der Waals surface area (Å²) in [5.74, 6) is -3.26. The Balaban J connectivity index is 2.11. The minimum atomic E-state index is -1.44. The molecule has 12 heteroatoms. The third kappa shape index (κ3) is 8.52. The van der Waals surface area contributed by atoms with Crippen LogP contribution in [-0.4, -0.2) is 73.8 Å². The SMILES string of the molecule is CCOC(=O)C=Cc1c(O[C@@H]2O[C@H](COC(C)=O)[C@H](OC(C)=O)[C@H](OC(C)=O)[C@H]2OC(C)=O)ccc2ccccc12. The van der Waals surface area contributed by atoms with E-state index >= 15 is 0 Å². The first-order valence-electron chi connectivity index (χ1n) is 12.8. The van der Waals surface area contributed by atoms with Crippen molar-refractivity contribution in [1.29, 1.82) is 0 Å². The first-order chi connectivity index (χ1) is 19.5. The summed E-state index contributed by atoms with van der Waals surface area (Å²) in [6, 6.07) is 10.7. The highest BCUT2D eigenvalue weighted by Crippen LogP contribution is 2.35. The molecule has 41 heavy (non-hydrogen) atoms. The van der Waals surface area contributed by atoms with Crippen LogP contribution in [0.2, 0.25) is 0 Å². The summed E-state index contributed by atoms with van der Waals surface area (Å²) in [5, 5.41) is 1.56. The van der Waals surface area contributed by atoms with E-state index in [-0.39, 0.29) is 12.4 Å². The molecule has 3 rings (SSSR count). The van der Waals surface area contributed by atoms with Crippen molar-refractivity contribution in [3.63, 3.8) is 0 Å². The van der Waals surface area contributed by atoms with Crippen molar-refractivity contribution in [2.45, 2.75) is 65.3 Å². The predicted octanol–water partition coefficient (Wildman–Crippen LogP) is 2.88. The molecule has 0 bridgehead atoms. The van der Waals surface area contributed by atoms with Gasteiger partial charge in [0.25, 0.3) is 0 Å². The van der Waals surface area contributed by atoms with Gasteiger partial charge >= 0.3 is 29.8 Å². The molecule has 0 unspecified atom stereocenters. The Labute approximate surface area is 236 Å². The maximum Gasteiger partial charge on any atom is 0.330 e. The van der Waals surface area contributed by atoms with E-state index in [4.69, 9.17) is 33.2 Å². The van der Waals surface area contributed by atoms with E-state index in [0.29, 0.717) is 5.56 Å². The lowest BCUT2D eigenvalue weighted by atomic mass is 9.97. The van der Waals surface area contributed by atoms with Gasteiger partial charge < -0.3 is 33.2 Å². The molecule has 12 nitrogen and oxygen atoms in total. The first kappa shape index (κ1) is 31.1. The van der Waals surface area contributed by atoms with E-state index in [1.807, 2.05) is 24.3 Å². The van der Waals surface area contributed by atoms with Gasteiger partial charge in [-0.2, -0.15) is 0 Å². The minimum absolute atomic E-state index is 0.187. The molecule has 1 heterocycles. The zero-order valence-electron chi connectivity index (χ0n) is 23.3. The van der Waals surface area contributed by atoms with Crippen LogP contribution in [-0.2, 0) is 52.4 Å². The van der Waals surface area contributed by atoms with E-state index in [9.17, 15) is 24.0 Å². The van der Waals surface area contributed by atoms with Gasteiger partial charge in [0.15, 0.2) is 12.2 Å². The fourth-order valence-corrected chi connectivity index (χ4v) is 4.30. The molecule has 1 fully saturated rings. The van der Waals surface area contributed by atoms with Crippen molar-refractivity contribution in [2.24, 2.45) is 0 Å². The highest BCUT2D eigenvalue weighted by atomic mass is 16.7. The molecule has 1 aliphatic rings. The van der Waals surface area contributed by atoms with Gasteiger partial charge in [-0.15, -0.1) is 0 Å². The molecule has 1 saturated heterocycles. The van der Waals surface area contributed by atoms with Crippen LogP contribution in [0.15, 0.2) is 42.5 Å². The van der Waals surface area contributed by atoms with Gasteiger partial charge in [0.05, 0.1) is 6.61 Å². The van der Waals surface area contributed by atoms with Crippen molar-refractivity contribution in [2.75, 3.05) is 13.2 Å². The molecule has 0 amide bonds. The second kappa shape index (κ2) is 14.3. The van der Waals surface area contributed by atoms with Crippen molar-refractivity contribution in [3.8, 4) is 5.75 Å². The van der Waals surface area contributed by atoms with Crippen LogP contribution in [0.1, 0.15) is 40.2 Å². The standard InChI is InChI=1S/C29H32O12/c1-6-35-25(34)14-12-22-21-10-8-7-9-20(21)11-13-23(22)40-29-28(39-19(5)33)27(38-18(4)32)26(37-17(3)31)24(41-29)15-36-16(2)30/h7-14,24,26-29H,6,15H2,1-5H3/t24-,26+,27+,28-,29-/m1/s1. The summed E-state index contributed by atoms with van der Waals surface area (Å²) in [6.07, 6.45) is -3.98. The van der Waals surface area contributed by atoms with Gasteiger partial charge in [0.1, 0.15) is 18.5 Å². The number of carbonyl (C=O) groups is 5. The second-order valence-electron chi connectivity index (χ2n) is 8.97. The number of hydrogen-bond acceptors (Lipinski definition) is 12. The van der Waals surface area contributed by atoms with Gasteiger partial charge in [-0.3, -0.25) is 19.2 Å². The van der Waals surface area contributed by atoms with Crippen molar-refractivity contribution >= 4 is 46.7 Å². The Hall–Kier alpha value is -4.45. The van der Waals surface area contributed by atoms with E-state index in [1.54, 1.807) is 19.1 Å². The van der Waals surface area contributed by atoms with Crippen LogP contribution in [0.4, 0.5) is 0 Å². The monoisotopic (exact) mass is 572 g/mol. The topological polar surface area (TPSA) is 150 Å². The smallest absolute Gasteiger partial charge is 0.330 e. The lowest BCUT2D eigenvalue weighted by molar-refractivity contribution is -0.288. The first-order valence-corrected chi connectivity index (χ1v) is 12.8. The fraction of sp³-hybridized carbons (Fsp3) is 0.414. The lowest BCUT2D eigenvalue weighted by Crippen LogP contribution is -2.63. The molecular formula is C29H32O12. The number of rotatable bonds is 10. The van der Waals surface area contributed by atoms with Gasteiger partial charge in [0.2, 0.25) is 12.4 Å². The summed E-state index contributed by atoms with van der Waals surface area (Å²) >= 11 is 0. The van der Waals surface area contributed by atoms with Crippen molar-refractivity contribution in [1.82, 2.24) is 0 Å². The highest BCUT2D eigenvalue weighted by molar-refractivity contribution is 5.96. The number of ether oxygens (including phenoxy) is 7. The molecule has 2 aromatic carbocycles. The number of esters is 5. The van der Waals surface area contributed by atoms with Gasteiger partial charge in [-0.25, -0.2) is 4.79 Å². The molecule has 0 radical (unpaired) electrons. The summed E-state index contributed by atoms with van der Waals surface area (Å²) in [6.45, 7) is 6.05. The summed E-state index contributed by atoms with van der Waals surface area (Å²) < 4.78 is 38.7. The normalized spacial score (nSPS) is 22.0. The lowest BCUT2D eigenvalue weighted by Gasteiger charge is -2.44. The molecule has 0 N–H and O–H groups in total. The molecule has 2 aromatic rings. The number of fused-ring (bicyclic) bond motifs is 1. The van der Waals surface area contributed by atoms with Gasteiger partial charge in [-0.1, -0.05) is 30.3 Å². The Morgan fingerprint density at radius 1 is 0.780 bits per heavy atom. The van der Waals surface area contributed by atoms with Crippen LogP contribution in [0.3, 0.4) is 0 Å². The second-order valence-corrected chi connectivity index (χ2v) is 8.97. The summed E-state index contributed by atoms with van der Waals surface area (Å²) in [4.78, 5) is 59.9. The number of carbonyl (C=O) groups excluding carboxylic acids is 5. The molecule has 0 aliphatic carbocycles. The Kier molecular flexibility index (Phi) is 10.8. The van der Waals surface area contributed by atoms with Crippen LogP contribution in [0.5, 0.6) is 5.75 Å².